The summed E-state index contributed by atoms with van der Waals surface area (Å²) in [5.41, 5.74) is 2.27. The van der Waals surface area contributed by atoms with Crippen LogP contribution in [0.5, 0.6) is 0 Å². The van der Waals surface area contributed by atoms with E-state index >= 15 is 0 Å². The molecule has 2 amide bonds. The molecule has 2 aromatic rings. The Kier molecular flexibility index (Phi) is 6.71. The second kappa shape index (κ2) is 9.68. The highest BCUT2D eigenvalue weighted by molar-refractivity contribution is 5.94. The molecule has 33 heavy (non-hydrogen) atoms. The lowest BCUT2D eigenvalue weighted by molar-refractivity contribution is -0.140. The summed E-state index contributed by atoms with van der Waals surface area (Å²) in [5, 5.41) is 7.24. The van der Waals surface area contributed by atoms with Crippen LogP contribution in [0.4, 0.5) is 8.78 Å². The van der Waals surface area contributed by atoms with Crippen LogP contribution in [-0.4, -0.2) is 52.7 Å². The number of methoxy groups -OCH3 is 1. The van der Waals surface area contributed by atoms with E-state index in [2.05, 4.69) is 15.2 Å². The molecule has 2 heterocycles. The summed E-state index contributed by atoms with van der Waals surface area (Å²) < 4.78 is 33.2. The molecule has 0 spiro atoms. The van der Waals surface area contributed by atoms with E-state index < -0.39 is 23.5 Å². The lowest BCUT2D eigenvalue weighted by Crippen LogP contribution is -2.38. The first-order valence-corrected chi connectivity index (χ1v) is 11.0. The van der Waals surface area contributed by atoms with Gasteiger partial charge in [0.05, 0.1) is 20.0 Å². The molecular weight excluding hydrogens is 434 g/mol. The molecule has 1 aromatic heterocycles. The Hall–Kier alpha value is -3.30. The molecule has 176 valence electrons. The van der Waals surface area contributed by atoms with Gasteiger partial charge >= 0.3 is 5.97 Å². The van der Waals surface area contributed by atoms with Gasteiger partial charge in [-0.15, -0.1) is 0 Å². The number of esters is 1. The van der Waals surface area contributed by atoms with Crippen molar-refractivity contribution in [3.8, 4) is 0 Å². The Morgan fingerprint density at radius 2 is 2.00 bits per heavy atom. The molecule has 2 aliphatic rings. The third-order valence-corrected chi connectivity index (χ3v) is 6.01. The van der Waals surface area contributed by atoms with Crippen molar-refractivity contribution in [2.24, 2.45) is 5.92 Å². The fourth-order valence-electron chi connectivity index (χ4n) is 3.98. The average molecular weight is 460 g/mol. The van der Waals surface area contributed by atoms with Gasteiger partial charge < -0.3 is 15.0 Å². The third-order valence-electron chi connectivity index (χ3n) is 6.01. The molecule has 8 nitrogen and oxygen atoms in total. The lowest BCUT2D eigenvalue weighted by Gasteiger charge is -2.28. The van der Waals surface area contributed by atoms with Crippen LogP contribution in [0.25, 0.3) is 0 Å². The van der Waals surface area contributed by atoms with Gasteiger partial charge in [-0.1, -0.05) is 6.07 Å². The van der Waals surface area contributed by atoms with Gasteiger partial charge in [0.25, 0.3) is 5.91 Å². The van der Waals surface area contributed by atoms with Gasteiger partial charge in [-0.2, -0.15) is 5.10 Å². The van der Waals surface area contributed by atoms with Gasteiger partial charge in [0.2, 0.25) is 5.91 Å². The number of hydrogen-bond acceptors (Lipinski definition) is 5. The second-order valence-corrected chi connectivity index (χ2v) is 8.47. The summed E-state index contributed by atoms with van der Waals surface area (Å²) in [7, 11) is 1.28. The van der Waals surface area contributed by atoms with Gasteiger partial charge in [-0.3, -0.25) is 19.1 Å². The van der Waals surface area contributed by atoms with Crippen molar-refractivity contribution in [1.82, 2.24) is 20.0 Å². The zero-order chi connectivity index (χ0) is 23.5. The summed E-state index contributed by atoms with van der Waals surface area (Å²) in [6.45, 7) is 1.52. The first-order valence-electron chi connectivity index (χ1n) is 11.0. The molecule has 4 rings (SSSR count). The molecule has 0 radical (unpaired) electrons. The Balaban J connectivity index is 1.49. The highest BCUT2D eigenvalue weighted by atomic mass is 19.2. The number of amides is 2. The number of carbonyl (C=O) groups is 3. The van der Waals surface area contributed by atoms with Crippen LogP contribution in [-0.2, 0) is 40.3 Å². The Bertz CT molecular complexity index is 1080. The maximum absolute atomic E-state index is 13.5. The summed E-state index contributed by atoms with van der Waals surface area (Å²) in [6.07, 6.45) is 2.80. The van der Waals surface area contributed by atoms with Crippen LogP contribution in [0.1, 0.15) is 46.6 Å². The Labute approximate surface area is 189 Å². The van der Waals surface area contributed by atoms with E-state index in [1.165, 1.54) is 13.2 Å². The number of rotatable bonds is 8. The van der Waals surface area contributed by atoms with E-state index in [9.17, 15) is 23.2 Å². The SMILES string of the molecule is COC(=O)CCNC(=O)c1nn(CC2CC2)c2c1CN(C(=O)Cc1ccc(F)c(F)c1)CC2. The van der Waals surface area contributed by atoms with Crippen molar-refractivity contribution in [2.75, 3.05) is 20.2 Å². The number of halogens is 2. The van der Waals surface area contributed by atoms with E-state index in [0.29, 0.717) is 30.0 Å². The number of hydrogen-bond donors (Lipinski definition) is 1. The van der Waals surface area contributed by atoms with Crippen LogP contribution in [0, 0.1) is 17.6 Å². The monoisotopic (exact) mass is 460 g/mol. The molecule has 1 fully saturated rings. The summed E-state index contributed by atoms with van der Waals surface area (Å²) in [4.78, 5) is 38.6. The molecule has 0 saturated heterocycles. The highest BCUT2D eigenvalue weighted by Crippen LogP contribution is 2.32. The van der Waals surface area contributed by atoms with Crippen molar-refractivity contribution in [2.45, 2.75) is 45.2 Å². The number of ether oxygens (including phenoxy) is 1. The molecule has 1 aromatic carbocycles. The molecule has 1 N–H and O–H groups in total. The van der Waals surface area contributed by atoms with Crippen molar-refractivity contribution in [3.63, 3.8) is 0 Å². The topological polar surface area (TPSA) is 93.5 Å². The molecule has 1 aliphatic heterocycles. The van der Waals surface area contributed by atoms with Crippen LogP contribution in [0.2, 0.25) is 0 Å². The van der Waals surface area contributed by atoms with E-state index in [1.54, 1.807) is 4.90 Å². The van der Waals surface area contributed by atoms with Crippen molar-refractivity contribution >= 4 is 17.8 Å². The molecule has 10 heteroatoms. The van der Waals surface area contributed by atoms with Crippen LogP contribution < -0.4 is 5.32 Å². The Morgan fingerprint density at radius 1 is 1.21 bits per heavy atom. The van der Waals surface area contributed by atoms with Crippen molar-refractivity contribution < 1.29 is 27.9 Å². The highest BCUT2D eigenvalue weighted by Gasteiger charge is 2.32. The first kappa shape index (κ1) is 22.9. The zero-order valence-electron chi connectivity index (χ0n) is 18.4. The molecule has 0 unspecified atom stereocenters. The van der Waals surface area contributed by atoms with Gasteiger partial charge in [0.1, 0.15) is 0 Å². The lowest BCUT2D eigenvalue weighted by atomic mass is 10.0. The van der Waals surface area contributed by atoms with Gasteiger partial charge in [0, 0.05) is 43.9 Å². The van der Waals surface area contributed by atoms with Gasteiger partial charge in [-0.25, -0.2) is 8.78 Å². The zero-order valence-corrected chi connectivity index (χ0v) is 18.4. The largest absolute Gasteiger partial charge is 0.469 e. The minimum absolute atomic E-state index is 0.0477. The molecule has 1 aliphatic carbocycles. The van der Waals surface area contributed by atoms with E-state index in [-0.39, 0.29) is 37.5 Å². The molecule has 0 atom stereocenters. The molecular formula is C23H26F2N4O4. The summed E-state index contributed by atoms with van der Waals surface area (Å²) in [6, 6.07) is 3.42. The third kappa shape index (κ3) is 5.37. The molecule has 1 saturated carbocycles. The van der Waals surface area contributed by atoms with E-state index in [4.69, 9.17) is 0 Å². The predicted molar refractivity (Wildman–Crippen MR) is 113 cm³/mol. The van der Waals surface area contributed by atoms with Crippen LogP contribution >= 0.6 is 0 Å². The molecule has 0 bridgehead atoms. The number of nitrogens with one attached hydrogen (secondary N) is 1. The number of benzene rings is 1. The average Bonchev–Trinajstić information content (AvgIpc) is 3.55. The number of fused-ring (bicyclic) bond motifs is 1. The van der Waals surface area contributed by atoms with E-state index in [1.807, 2.05) is 4.68 Å². The van der Waals surface area contributed by atoms with Crippen molar-refractivity contribution in [1.29, 1.82) is 0 Å². The maximum Gasteiger partial charge on any atom is 0.307 e. The minimum atomic E-state index is -0.992. The van der Waals surface area contributed by atoms with E-state index in [0.717, 1.165) is 37.2 Å². The second-order valence-electron chi connectivity index (χ2n) is 8.47. The number of aromatic nitrogens is 2. The van der Waals surface area contributed by atoms with Gasteiger partial charge in [-0.05, 0) is 36.5 Å². The quantitative estimate of drug-likeness (QED) is 0.609. The fourth-order valence-corrected chi connectivity index (χ4v) is 3.98. The van der Waals surface area contributed by atoms with Crippen LogP contribution in [0.3, 0.4) is 0 Å². The number of carbonyl (C=O) groups excluding carboxylic acids is 3. The first-order chi connectivity index (χ1) is 15.9. The normalized spacial score (nSPS) is 15.2. The standard InChI is InChI=1S/C23H26F2N4O4/c1-33-21(31)6-8-26-23(32)22-16-13-28(9-7-19(16)29(27-22)12-14-2-3-14)20(30)11-15-4-5-17(24)18(25)10-15/h4-5,10,14H,2-3,6-9,11-13H2,1H3,(H,26,32). The number of nitrogens with zero attached hydrogens (tertiary/aromatic N) is 3. The fraction of sp³-hybridized carbons (Fsp3) is 0.478. The minimum Gasteiger partial charge on any atom is -0.469 e. The maximum atomic E-state index is 13.5. The summed E-state index contributed by atoms with van der Waals surface area (Å²) in [5.74, 6) is -2.46. The smallest absolute Gasteiger partial charge is 0.307 e. The predicted octanol–water partition coefficient (Wildman–Crippen LogP) is 1.99. The van der Waals surface area contributed by atoms with Gasteiger partial charge in [0.15, 0.2) is 17.3 Å². The van der Waals surface area contributed by atoms with Crippen molar-refractivity contribution in [3.05, 3.63) is 52.3 Å². The van der Waals surface area contributed by atoms with Crippen LogP contribution in [0.15, 0.2) is 18.2 Å². The summed E-state index contributed by atoms with van der Waals surface area (Å²) >= 11 is 0. The Morgan fingerprint density at radius 3 is 2.70 bits per heavy atom.